The van der Waals surface area contributed by atoms with E-state index in [4.69, 9.17) is 11.6 Å². The molecule has 76 valence electrons. The summed E-state index contributed by atoms with van der Waals surface area (Å²) in [5.41, 5.74) is 1.15. The van der Waals surface area contributed by atoms with Crippen LogP contribution in [0, 0.1) is 0 Å². The monoisotopic (exact) mass is 229 g/mol. The molecule has 0 N–H and O–H groups in total. The Morgan fingerprint density at radius 1 is 1.36 bits per heavy atom. The molecule has 0 spiro atoms. The number of hydrogen-bond donors (Lipinski definition) is 0. The van der Waals surface area contributed by atoms with E-state index in [9.17, 15) is 9.90 Å². The molecule has 1 aromatic carbocycles. The lowest BCUT2D eigenvalue weighted by Crippen LogP contribution is -2.22. The summed E-state index contributed by atoms with van der Waals surface area (Å²) in [5, 5.41) is 10.8. The van der Waals surface area contributed by atoms with E-state index in [0.717, 1.165) is 11.3 Å². The summed E-state index contributed by atoms with van der Waals surface area (Å²) >= 11 is 7.30. The molecule has 0 saturated heterocycles. The smallest absolute Gasteiger partial charge is 0.0422 e. The van der Waals surface area contributed by atoms with E-state index in [-0.39, 0.29) is 6.42 Å². The quantitative estimate of drug-likeness (QED) is 0.722. The molecule has 0 radical (unpaired) electrons. The molecule has 0 saturated carbocycles. The average molecular weight is 230 g/mol. The van der Waals surface area contributed by atoms with Gasteiger partial charge in [-0.15, -0.1) is 0 Å². The summed E-state index contributed by atoms with van der Waals surface area (Å²) in [5.74, 6) is 0.406. The molecule has 1 aromatic rings. The molecule has 0 unspecified atom stereocenters. The highest BCUT2D eigenvalue weighted by Crippen LogP contribution is 2.15. The highest BCUT2D eigenvalue weighted by Gasteiger charge is 1.94. The molecule has 0 aliphatic carbocycles. The lowest BCUT2D eigenvalue weighted by molar-refractivity contribution is -0.305. The number of hydrogen-bond acceptors (Lipinski definition) is 3. The molecule has 0 atom stereocenters. The zero-order valence-corrected chi connectivity index (χ0v) is 9.11. The fraction of sp³-hybridized carbons (Fsp3) is 0.300. The van der Waals surface area contributed by atoms with Crippen LogP contribution in [-0.4, -0.2) is 11.7 Å². The summed E-state index contributed by atoms with van der Waals surface area (Å²) in [7, 11) is 0. The molecule has 0 aliphatic rings. The zero-order chi connectivity index (χ0) is 10.4. The average Bonchev–Trinajstić information content (AvgIpc) is 2.15. The number of halogens is 1. The first kappa shape index (κ1) is 11.4. The highest BCUT2D eigenvalue weighted by atomic mass is 35.5. The predicted molar refractivity (Wildman–Crippen MR) is 57.2 cm³/mol. The van der Waals surface area contributed by atoms with Gasteiger partial charge in [0.05, 0.1) is 0 Å². The molecular weight excluding hydrogens is 220 g/mol. The molecule has 0 aliphatic heterocycles. The normalized spacial score (nSPS) is 10.1. The van der Waals surface area contributed by atoms with Gasteiger partial charge in [-0.2, -0.15) is 11.8 Å². The number of carboxylic acids is 1. The Labute approximate surface area is 92.3 Å². The molecular formula is C10H10ClO2S-. The van der Waals surface area contributed by atoms with Gasteiger partial charge in [-0.1, -0.05) is 23.7 Å². The van der Waals surface area contributed by atoms with Crippen molar-refractivity contribution in [2.75, 3.05) is 5.75 Å². The van der Waals surface area contributed by atoms with Crippen molar-refractivity contribution in [1.82, 2.24) is 0 Å². The SMILES string of the molecule is O=C([O-])CCSCc1ccc(Cl)cc1. The van der Waals surface area contributed by atoms with Crippen molar-refractivity contribution in [2.24, 2.45) is 0 Å². The lowest BCUT2D eigenvalue weighted by atomic mass is 10.2. The summed E-state index contributed by atoms with van der Waals surface area (Å²) in [4.78, 5) is 10.1. The minimum atomic E-state index is -0.992. The van der Waals surface area contributed by atoms with E-state index >= 15 is 0 Å². The van der Waals surface area contributed by atoms with Crippen LogP contribution in [0.3, 0.4) is 0 Å². The maximum absolute atomic E-state index is 10.1. The van der Waals surface area contributed by atoms with Crippen molar-refractivity contribution in [3.63, 3.8) is 0 Å². The third-order valence-corrected chi connectivity index (χ3v) is 2.91. The number of rotatable bonds is 5. The standard InChI is InChI=1S/C10H11ClO2S/c11-9-3-1-8(2-4-9)7-14-6-5-10(12)13/h1-4H,5-7H2,(H,12,13)/p-1. The number of benzene rings is 1. The van der Waals surface area contributed by atoms with Gasteiger partial charge in [0.2, 0.25) is 0 Å². The topological polar surface area (TPSA) is 40.1 Å². The fourth-order valence-corrected chi connectivity index (χ4v) is 1.94. The number of carbonyl (C=O) groups excluding carboxylic acids is 1. The second-order valence-electron chi connectivity index (χ2n) is 2.80. The van der Waals surface area contributed by atoms with Crippen LogP contribution in [0.5, 0.6) is 0 Å². The maximum Gasteiger partial charge on any atom is 0.0422 e. The van der Waals surface area contributed by atoms with Crippen LogP contribution in [0.15, 0.2) is 24.3 Å². The third kappa shape index (κ3) is 4.53. The first-order chi connectivity index (χ1) is 6.68. The minimum absolute atomic E-state index is 0.109. The molecule has 2 nitrogen and oxygen atoms in total. The Bertz CT molecular complexity index is 297. The largest absolute Gasteiger partial charge is 0.550 e. The van der Waals surface area contributed by atoms with Crippen LogP contribution in [0.4, 0.5) is 0 Å². The van der Waals surface area contributed by atoms with Crippen LogP contribution < -0.4 is 5.11 Å². The van der Waals surface area contributed by atoms with Crippen molar-refractivity contribution in [2.45, 2.75) is 12.2 Å². The zero-order valence-electron chi connectivity index (χ0n) is 7.53. The molecule has 0 bridgehead atoms. The van der Waals surface area contributed by atoms with E-state index in [2.05, 4.69) is 0 Å². The molecule has 0 fully saturated rings. The molecule has 4 heteroatoms. The van der Waals surface area contributed by atoms with Crippen molar-refractivity contribution in [3.05, 3.63) is 34.9 Å². The number of aliphatic carboxylic acids is 1. The Balaban J connectivity index is 2.25. The third-order valence-electron chi connectivity index (χ3n) is 1.63. The second kappa shape index (κ2) is 5.94. The second-order valence-corrected chi connectivity index (χ2v) is 4.34. The van der Waals surface area contributed by atoms with Crippen molar-refractivity contribution in [3.8, 4) is 0 Å². The van der Waals surface area contributed by atoms with E-state index < -0.39 is 5.97 Å². The van der Waals surface area contributed by atoms with Gasteiger partial charge in [0.1, 0.15) is 0 Å². The van der Waals surface area contributed by atoms with Gasteiger partial charge >= 0.3 is 0 Å². The van der Waals surface area contributed by atoms with Crippen LogP contribution >= 0.6 is 23.4 Å². The maximum atomic E-state index is 10.1. The molecule has 0 heterocycles. The van der Waals surface area contributed by atoms with E-state index in [0.29, 0.717) is 10.8 Å². The summed E-state index contributed by atoms with van der Waals surface area (Å²) < 4.78 is 0. The van der Waals surface area contributed by atoms with Crippen molar-refractivity contribution >= 4 is 29.3 Å². The first-order valence-electron chi connectivity index (χ1n) is 4.20. The van der Waals surface area contributed by atoms with E-state index in [1.807, 2.05) is 24.3 Å². The number of carbonyl (C=O) groups is 1. The Morgan fingerprint density at radius 3 is 2.57 bits per heavy atom. The van der Waals surface area contributed by atoms with E-state index in [1.54, 1.807) is 11.8 Å². The van der Waals surface area contributed by atoms with Gasteiger partial charge in [0.25, 0.3) is 0 Å². The van der Waals surface area contributed by atoms with E-state index in [1.165, 1.54) is 0 Å². The molecule has 14 heavy (non-hydrogen) atoms. The first-order valence-corrected chi connectivity index (χ1v) is 5.74. The highest BCUT2D eigenvalue weighted by molar-refractivity contribution is 7.98. The molecule has 0 aromatic heterocycles. The van der Waals surface area contributed by atoms with Gasteiger partial charge in [-0.25, -0.2) is 0 Å². The Kier molecular flexibility index (Phi) is 4.84. The Morgan fingerprint density at radius 2 is 2.00 bits per heavy atom. The summed E-state index contributed by atoms with van der Waals surface area (Å²) in [6.07, 6.45) is 0.109. The van der Waals surface area contributed by atoms with Crippen LogP contribution in [0.2, 0.25) is 5.02 Å². The Hall–Kier alpha value is -0.670. The summed E-state index contributed by atoms with van der Waals surface area (Å²) in [6.45, 7) is 0. The molecule has 0 amide bonds. The summed E-state index contributed by atoms with van der Waals surface area (Å²) in [6, 6.07) is 7.54. The number of thioether (sulfide) groups is 1. The van der Waals surface area contributed by atoms with Crippen LogP contribution in [0.25, 0.3) is 0 Å². The van der Waals surface area contributed by atoms with Crippen molar-refractivity contribution < 1.29 is 9.90 Å². The lowest BCUT2D eigenvalue weighted by Gasteiger charge is -2.02. The van der Waals surface area contributed by atoms with Gasteiger partial charge in [-0.3, -0.25) is 0 Å². The fourth-order valence-electron chi connectivity index (χ4n) is 0.926. The van der Waals surface area contributed by atoms with Gasteiger partial charge < -0.3 is 9.90 Å². The van der Waals surface area contributed by atoms with Crippen LogP contribution in [0.1, 0.15) is 12.0 Å². The molecule has 1 rings (SSSR count). The van der Waals surface area contributed by atoms with Gasteiger partial charge in [0, 0.05) is 16.7 Å². The predicted octanol–water partition coefficient (Wildman–Crippen LogP) is 1.71. The van der Waals surface area contributed by atoms with Gasteiger partial charge in [-0.05, 0) is 29.9 Å². The van der Waals surface area contributed by atoms with Gasteiger partial charge in [0.15, 0.2) is 0 Å². The van der Waals surface area contributed by atoms with Crippen LogP contribution in [-0.2, 0) is 10.5 Å². The number of carboxylic acid groups (broad SMARTS) is 1. The minimum Gasteiger partial charge on any atom is -0.550 e. The van der Waals surface area contributed by atoms with Crippen molar-refractivity contribution in [1.29, 1.82) is 0 Å².